The molecule has 0 spiro atoms. The minimum atomic E-state index is -0.770. The molecule has 4 unspecified atom stereocenters. The molecule has 0 saturated heterocycles. The summed E-state index contributed by atoms with van der Waals surface area (Å²) in [4.78, 5) is 23.2. The lowest BCUT2D eigenvalue weighted by Crippen LogP contribution is -2.60. The molecule has 5 nitrogen and oxygen atoms in total. The van der Waals surface area contributed by atoms with E-state index in [2.05, 4.69) is 17.9 Å². The molecule has 0 aromatic carbocycles. The number of ether oxygens (including phenoxy) is 1. The maximum atomic E-state index is 12.5. The zero-order valence-electron chi connectivity index (χ0n) is 17.5. The standard InChI is InChI=1S/C24H34O5/c1-2-29-24-15-14-22(26)19(12-13-21(25)17-8-4-3-5-9-17)20(24)16-18(24)10-6-7-11-23(27)28/h10,17,19-20,22,26H,2-9,11,14-16H2,1H3,(H,27,28). The number of hydrogen-bond acceptors (Lipinski definition) is 4. The van der Waals surface area contributed by atoms with Gasteiger partial charge in [0, 0.05) is 24.9 Å². The van der Waals surface area contributed by atoms with Crippen LogP contribution in [0.2, 0.25) is 0 Å². The van der Waals surface area contributed by atoms with E-state index in [1.807, 2.05) is 6.92 Å². The van der Waals surface area contributed by atoms with Gasteiger partial charge in [0.1, 0.15) is 0 Å². The van der Waals surface area contributed by atoms with Gasteiger partial charge in [0.25, 0.3) is 0 Å². The highest BCUT2D eigenvalue weighted by atomic mass is 16.5. The predicted octanol–water partition coefficient (Wildman–Crippen LogP) is 3.89. The second-order valence-electron chi connectivity index (χ2n) is 8.75. The Morgan fingerprint density at radius 1 is 1.24 bits per heavy atom. The summed E-state index contributed by atoms with van der Waals surface area (Å²) in [5.41, 5.74) is 0.816. The van der Waals surface area contributed by atoms with E-state index in [1.165, 1.54) is 12.0 Å². The van der Waals surface area contributed by atoms with Crippen molar-refractivity contribution in [1.82, 2.24) is 0 Å². The molecule has 0 amide bonds. The van der Waals surface area contributed by atoms with Gasteiger partial charge >= 0.3 is 5.97 Å². The van der Waals surface area contributed by atoms with E-state index in [4.69, 9.17) is 9.84 Å². The second kappa shape index (κ2) is 9.91. The predicted molar refractivity (Wildman–Crippen MR) is 110 cm³/mol. The fourth-order valence-electron chi connectivity index (χ4n) is 5.39. The van der Waals surface area contributed by atoms with Gasteiger partial charge in [-0.2, -0.15) is 0 Å². The van der Waals surface area contributed by atoms with E-state index in [1.54, 1.807) is 0 Å². The van der Waals surface area contributed by atoms with Gasteiger partial charge in [-0.25, -0.2) is 0 Å². The number of rotatable bonds is 7. The molecular weight excluding hydrogens is 368 g/mol. The molecule has 160 valence electrons. The minimum absolute atomic E-state index is 0.0354. The van der Waals surface area contributed by atoms with Gasteiger partial charge in [-0.3, -0.25) is 9.59 Å². The van der Waals surface area contributed by atoms with Gasteiger partial charge in [-0.15, -0.1) is 0 Å². The van der Waals surface area contributed by atoms with Crippen molar-refractivity contribution in [2.45, 2.75) is 89.3 Å². The summed E-state index contributed by atoms with van der Waals surface area (Å²) in [5.74, 6) is 5.24. The monoisotopic (exact) mass is 402 g/mol. The van der Waals surface area contributed by atoms with Crippen LogP contribution in [0.1, 0.15) is 77.6 Å². The van der Waals surface area contributed by atoms with E-state index in [0.717, 1.165) is 44.9 Å². The summed E-state index contributed by atoms with van der Waals surface area (Å²) in [7, 11) is 0. The first-order chi connectivity index (χ1) is 14.0. The smallest absolute Gasteiger partial charge is 0.303 e. The van der Waals surface area contributed by atoms with Crippen molar-refractivity contribution >= 4 is 11.8 Å². The maximum Gasteiger partial charge on any atom is 0.303 e. The molecule has 0 aromatic heterocycles. The second-order valence-corrected chi connectivity index (χ2v) is 8.75. The lowest BCUT2D eigenvalue weighted by atomic mass is 9.53. The molecule has 3 aliphatic rings. The summed E-state index contributed by atoms with van der Waals surface area (Å²) >= 11 is 0. The van der Waals surface area contributed by atoms with Gasteiger partial charge in [0.15, 0.2) is 0 Å². The fourth-order valence-corrected chi connectivity index (χ4v) is 5.39. The van der Waals surface area contributed by atoms with Crippen molar-refractivity contribution in [3.63, 3.8) is 0 Å². The molecule has 0 aliphatic heterocycles. The SMILES string of the molecule is CCOC12CCC(O)C(C#CC(=O)C3CCCCC3)C1CC2=CCCCC(=O)O. The molecule has 0 aromatic rings. The quantitative estimate of drug-likeness (QED) is 0.292. The molecule has 4 atom stereocenters. The Balaban J connectivity index is 1.70. The average Bonchev–Trinajstić information content (AvgIpc) is 2.71. The number of Topliss-reactive ketones (excluding diaryl/α,β-unsaturated/α-hetero) is 1. The normalized spacial score (nSPS) is 33.3. The highest BCUT2D eigenvalue weighted by Gasteiger charge is 2.58. The Bertz CT molecular complexity index is 694. The number of carbonyl (C=O) groups excluding carboxylic acids is 1. The van der Waals surface area contributed by atoms with Crippen LogP contribution >= 0.6 is 0 Å². The molecule has 5 heteroatoms. The van der Waals surface area contributed by atoms with Gasteiger partial charge in [-0.05, 0) is 63.4 Å². The Morgan fingerprint density at radius 2 is 2.00 bits per heavy atom. The average molecular weight is 403 g/mol. The molecule has 3 aliphatic carbocycles. The van der Waals surface area contributed by atoms with Crippen LogP contribution in [0.3, 0.4) is 0 Å². The van der Waals surface area contributed by atoms with Gasteiger partial charge in [-0.1, -0.05) is 31.3 Å². The van der Waals surface area contributed by atoms with E-state index >= 15 is 0 Å². The van der Waals surface area contributed by atoms with E-state index in [9.17, 15) is 14.7 Å². The van der Waals surface area contributed by atoms with Gasteiger partial charge < -0.3 is 14.9 Å². The van der Waals surface area contributed by atoms with E-state index in [-0.39, 0.29) is 30.0 Å². The topological polar surface area (TPSA) is 83.8 Å². The van der Waals surface area contributed by atoms with Crippen LogP contribution in [0, 0.1) is 29.6 Å². The number of ketones is 1. The van der Waals surface area contributed by atoms with E-state index < -0.39 is 17.7 Å². The van der Waals surface area contributed by atoms with Crippen molar-refractivity contribution in [2.24, 2.45) is 17.8 Å². The first-order valence-electron chi connectivity index (χ1n) is 11.3. The molecule has 0 bridgehead atoms. The summed E-state index contributed by atoms with van der Waals surface area (Å²) in [6.45, 7) is 2.56. The van der Waals surface area contributed by atoms with Gasteiger partial charge in [0.2, 0.25) is 5.78 Å². The highest BCUT2D eigenvalue weighted by molar-refractivity contribution is 5.97. The number of unbranched alkanes of at least 4 members (excludes halogenated alkanes) is 1. The van der Waals surface area contributed by atoms with Crippen molar-refractivity contribution in [1.29, 1.82) is 0 Å². The highest BCUT2D eigenvalue weighted by Crippen LogP contribution is 2.57. The molecule has 3 rings (SSSR count). The Morgan fingerprint density at radius 3 is 2.69 bits per heavy atom. The number of aliphatic carboxylic acids is 1. The summed E-state index contributed by atoms with van der Waals surface area (Å²) in [6.07, 6.45) is 10.6. The molecule has 3 saturated carbocycles. The molecule has 3 fully saturated rings. The summed E-state index contributed by atoms with van der Waals surface area (Å²) in [6, 6.07) is 0. The number of aliphatic hydroxyl groups is 1. The molecule has 0 heterocycles. The third-order valence-corrected chi connectivity index (χ3v) is 6.97. The number of allylic oxidation sites excluding steroid dienone is 1. The lowest BCUT2D eigenvalue weighted by molar-refractivity contribution is -0.153. The Labute approximate surface area is 173 Å². The zero-order valence-corrected chi connectivity index (χ0v) is 17.5. The van der Waals surface area contributed by atoms with Crippen LogP contribution in [0.4, 0.5) is 0 Å². The first-order valence-corrected chi connectivity index (χ1v) is 11.3. The lowest BCUT2D eigenvalue weighted by Gasteiger charge is -2.57. The largest absolute Gasteiger partial charge is 0.481 e. The third-order valence-electron chi connectivity index (χ3n) is 6.97. The van der Waals surface area contributed by atoms with Crippen molar-refractivity contribution in [3.8, 4) is 11.8 Å². The molecule has 0 radical (unpaired) electrons. The zero-order chi connectivity index (χ0) is 20.9. The molecule has 2 N–H and O–H groups in total. The number of fused-ring (bicyclic) bond motifs is 1. The van der Waals surface area contributed by atoms with Crippen LogP contribution in [0.5, 0.6) is 0 Å². The van der Waals surface area contributed by atoms with Crippen molar-refractivity contribution in [3.05, 3.63) is 11.6 Å². The number of aliphatic hydroxyl groups excluding tert-OH is 1. The summed E-state index contributed by atoms with van der Waals surface area (Å²) < 4.78 is 6.21. The molecule has 29 heavy (non-hydrogen) atoms. The number of carboxylic acid groups (broad SMARTS) is 1. The number of hydrogen-bond donors (Lipinski definition) is 2. The Kier molecular flexibility index (Phi) is 7.54. The van der Waals surface area contributed by atoms with Crippen LogP contribution in [-0.4, -0.2) is 40.3 Å². The van der Waals surface area contributed by atoms with Gasteiger partial charge in [0.05, 0.1) is 17.6 Å². The van der Waals surface area contributed by atoms with Crippen molar-refractivity contribution < 1.29 is 24.5 Å². The number of carbonyl (C=O) groups is 2. The summed E-state index contributed by atoms with van der Waals surface area (Å²) in [5, 5.41) is 19.4. The molecular formula is C24H34O5. The third kappa shape index (κ3) is 4.92. The Hall–Kier alpha value is -1.64. The first kappa shape index (κ1) is 22.1. The van der Waals surface area contributed by atoms with Crippen molar-refractivity contribution in [2.75, 3.05) is 6.61 Å². The van der Waals surface area contributed by atoms with Crippen LogP contribution < -0.4 is 0 Å². The van der Waals surface area contributed by atoms with Crippen LogP contribution in [0.15, 0.2) is 11.6 Å². The van der Waals surface area contributed by atoms with Crippen LogP contribution in [0.25, 0.3) is 0 Å². The fraction of sp³-hybridized carbons (Fsp3) is 0.750. The van der Waals surface area contributed by atoms with Crippen LogP contribution in [-0.2, 0) is 14.3 Å². The number of carboxylic acids is 1. The van der Waals surface area contributed by atoms with E-state index in [0.29, 0.717) is 19.4 Å². The maximum absolute atomic E-state index is 12.5. The minimum Gasteiger partial charge on any atom is -0.481 e.